The zero-order valence-electron chi connectivity index (χ0n) is 20.5. The number of nitrogens with one attached hydrogen (secondary N) is 1. The molecule has 0 bridgehead atoms. The standard InChI is InChI=1S/C27H36N4O3/c1-19(28)27(20(2)32)24-10-11-26-25(29-24)18-22(7-4-21-5-8-23(33-3)9-6-21)31(26)13-12-30-14-16-34-17-15-30/h5-6,8-11,22,28,32H,4,7,12-18H2,1-3H3/b27-20+,28-19?. The summed E-state index contributed by atoms with van der Waals surface area (Å²) in [6.45, 7) is 8.84. The molecule has 0 radical (unpaired) electrons. The minimum atomic E-state index is 0.137. The van der Waals surface area contributed by atoms with Gasteiger partial charge in [-0.05, 0) is 56.5 Å². The van der Waals surface area contributed by atoms with Crippen molar-refractivity contribution >= 4 is 17.0 Å². The Morgan fingerprint density at radius 3 is 2.50 bits per heavy atom. The molecule has 182 valence electrons. The summed E-state index contributed by atoms with van der Waals surface area (Å²) in [6.07, 6.45) is 2.90. The van der Waals surface area contributed by atoms with Crippen molar-refractivity contribution in [2.75, 3.05) is 51.4 Å². The number of morpholine rings is 1. The molecule has 0 saturated carbocycles. The van der Waals surface area contributed by atoms with Crippen LogP contribution in [0.3, 0.4) is 0 Å². The van der Waals surface area contributed by atoms with E-state index in [1.54, 1.807) is 21.0 Å². The first kappa shape index (κ1) is 24.2. The highest BCUT2D eigenvalue weighted by molar-refractivity contribution is 6.21. The van der Waals surface area contributed by atoms with E-state index in [4.69, 9.17) is 19.9 Å². The Morgan fingerprint density at radius 1 is 1.12 bits per heavy atom. The fourth-order valence-electron chi connectivity index (χ4n) is 4.98. The summed E-state index contributed by atoms with van der Waals surface area (Å²) in [7, 11) is 1.69. The molecule has 2 aromatic rings. The Labute approximate surface area is 202 Å². The Bertz CT molecular complexity index is 1020. The lowest BCUT2D eigenvalue weighted by atomic mass is 10.0. The number of aryl methyl sites for hydroxylation is 1. The minimum Gasteiger partial charge on any atom is -0.512 e. The normalized spacial score (nSPS) is 19.0. The van der Waals surface area contributed by atoms with Crippen LogP contribution in [0.1, 0.15) is 37.2 Å². The zero-order valence-corrected chi connectivity index (χ0v) is 20.5. The first-order valence-electron chi connectivity index (χ1n) is 12.1. The van der Waals surface area contributed by atoms with E-state index in [0.717, 1.165) is 70.1 Å². The maximum Gasteiger partial charge on any atom is 0.118 e. The smallest absolute Gasteiger partial charge is 0.118 e. The van der Waals surface area contributed by atoms with Gasteiger partial charge in [-0.1, -0.05) is 12.1 Å². The number of anilines is 1. The molecule has 3 heterocycles. The third kappa shape index (κ3) is 5.59. The van der Waals surface area contributed by atoms with Gasteiger partial charge in [-0.25, -0.2) is 0 Å². The topological polar surface area (TPSA) is 81.9 Å². The number of hydrogen-bond donors (Lipinski definition) is 2. The lowest BCUT2D eigenvalue weighted by Gasteiger charge is -2.32. The number of ether oxygens (including phenoxy) is 2. The van der Waals surface area contributed by atoms with E-state index in [0.29, 0.717) is 23.0 Å². The fourth-order valence-corrected chi connectivity index (χ4v) is 4.98. The van der Waals surface area contributed by atoms with Gasteiger partial charge in [0, 0.05) is 44.4 Å². The molecule has 4 rings (SSSR count). The molecule has 0 spiro atoms. The number of rotatable bonds is 9. The molecule has 1 fully saturated rings. The molecule has 2 N–H and O–H groups in total. The van der Waals surface area contributed by atoms with Crippen LogP contribution in [0, 0.1) is 5.41 Å². The number of methoxy groups -OCH3 is 1. The van der Waals surface area contributed by atoms with Gasteiger partial charge in [0.25, 0.3) is 0 Å². The number of nitrogens with zero attached hydrogens (tertiary/aromatic N) is 3. The number of pyridine rings is 1. The summed E-state index contributed by atoms with van der Waals surface area (Å²) in [5, 5.41) is 18.2. The first-order chi connectivity index (χ1) is 16.5. The molecule has 1 unspecified atom stereocenters. The van der Waals surface area contributed by atoms with Crippen molar-refractivity contribution in [2.45, 2.75) is 39.2 Å². The third-order valence-electron chi connectivity index (χ3n) is 6.81. The average Bonchev–Trinajstić information content (AvgIpc) is 3.18. The molecule has 0 amide bonds. The Hall–Kier alpha value is -2.90. The van der Waals surface area contributed by atoms with Gasteiger partial charge in [0.2, 0.25) is 0 Å². The van der Waals surface area contributed by atoms with Crippen LogP contribution in [0.15, 0.2) is 42.2 Å². The maximum atomic E-state index is 10.1. The molecule has 1 atom stereocenters. The highest BCUT2D eigenvalue weighted by Gasteiger charge is 2.31. The maximum absolute atomic E-state index is 10.1. The lowest BCUT2D eigenvalue weighted by molar-refractivity contribution is 0.0390. The van der Waals surface area contributed by atoms with Crippen molar-refractivity contribution in [2.24, 2.45) is 0 Å². The van der Waals surface area contributed by atoms with Gasteiger partial charge >= 0.3 is 0 Å². The van der Waals surface area contributed by atoms with Crippen molar-refractivity contribution in [1.82, 2.24) is 9.88 Å². The summed E-state index contributed by atoms with van der Waals surface area (Å²) >= 11 is 0. The van der Waals surface area contributed by atoms with E-state index in [1.807, 2.05) is 18.2 Å². The lowest BCUT2D eigenvalue weighted by Crippen LogP contribution is -2.43. The van der Waals surface area contributed by atoms with Crippen LogP contribution >= 0.6 is 0 Å². The second-order valence-electron chi connectivity index (χ2n) is 9.14. The third-order valence-corrected chi connectivity index (χ3v) is 6.81. The van der Waals surface area contributed by atoms with Gasteiger partial charge < -0.3 is 24.9 Å². The van der Waals surface area contributed by atoms with E-state index in [9.17, 15) is 5.11 Å². The molecular formula is C27H36N4O3. The van der Waals surface area contributed by atoms with E-state index in [1.165, 1.54) is 11.3 Å². The largest absolute Gasteiger partial charge is 0.512 e. The van der Waals surface area contributed by atoms with E-state index in [2.05, 4.69) is 28.0 Å². The van der Waals surface area contributed by atoms with Gasteiger partial charge in [-0.2, -0.15) is 0 Å². The van der Waals surface area contributed by atoms with Crippen LogP contribution in [0.2, 0.25) is 0 Å². The van der Waals surface area contributed by atoms with Gasteiger partial charge in [-0.3, -0.25) is 9.88 Å². The first-order valence-corrected chi connectivity index (χ1v) is 12.1. The summed E-state index contributed by atoms with van der Waals surface area (Å²) in [4.78, 5) is 9.90. The molecular weight excluding hydrogens is 428 g/mol. The number of aliphatic hydroxyl groups excluding tert-OH is 1. The van der Waals surface area contributed by atoms with Crippen LogP contribution in [-0.2, 0) is 17.6 Å². The Balaban J connectivity index is 1.53. The second-order valence-corrected chi connectivity index (χ2v) is 9.14. The van der Waals surface area contributed by atoms with Crippen LogP contribution in [-0.4, -0.2) is 73.2 Å². The molecule has 1 aromatic heterocycles. The molecule has 1 saturated heterocycles. The number of aromatic nitrogens is 1. The summed E-state index contributed by atoms with van der Waals surface area (Å²) < 4.78 is 10.8. The number of hydrogen-bond acceptors (Lipinski definition) is 7. The molecule has 34 heavy (non-hydrogen) atoms. The monoisotopic (exact) mass is 464 g/mol. The van der Waals surface area contributed by atoms with Gasteiger partial charge in [-0.15, -0.1) is 0 Å². The van der Waals surface area contributed by atoms with Crippen molar-refractivity contribution in [3.8, 4) is 5.75 Å². The summed E-state index contributed by atoms with van der Waals surface area (Å²) in [5.74, 6) is 1.02. The Morgan fingerprint density at radius 2 is 1.85 bits per heavy atom. The van der Waals surface area contributed by atoms with Gasteiger partial charge in [0.15, 0.2) is 0 Å². The van der Waals surface area contributed by atoms with E-state index >= 15 is 0 Å². The Kier molecular flexibility index (Phi) is 7.85. The minimum absolute atomic E-state index is 0.137. The van der Waals surface area contributed by atoms with Crippen molar-refractivity contribution in [3.63, 3.8) is 0 Å². The second kappa shape index (κ2) is 11.0. The van der Waals surface area contributed by atoms with Crippen molar-refractivity contribution < 1.29 is 14.6 Å². The highest BCUT2D eigenvalue weighted by atomic mass is 16.5. The molecule has 7 heteroatoms. The average molecular weight is 465 g/mol. The highest BCUT2D eigenvalue weighted by Crippen LogP contribution is 2.34. The molecule has 7 nitrogen and oxygen atoms in total. The predicted molar refractivity (Wildman–Crippen MR) is 136 cm³/mol. The van der Waals surface area contributed by atoms with E-state index in [-0.39, 0.29) is 5.76 Å². The van der Waals surface area contributed by atoms with Crippen LogP contribution < -0.4 is 9.64 Å². The number of aliphatic hydroxyl groups is 1. The quantitative estimate of drug-likeness (QED) is 0.429. The number of fused-ring (bicyclic) bond motifs is 1. The number of benzene rings is 1. The summed E-state index contributed by atoms with van der Waals surface area (Å²) in [5.41, 5.74) is 5.05. The fraction of sp³-hybridized carbons (Fsp3) is 0.481. The summed E-state index contributed by atoms with van der Waals surface area (Å²) in [6, 6.07) is 12.8. The molecule has 0 aliphatic carbocycles. The zero-order chi connectivity index (χ0) is 24.1. The van der Waals surface area contributed by atoms with Crippen molar-refractivity contribution in [3.05, 3.63) is 59.1 Å². The molecule has 2 aliphatic rings. The molecule has 2 aliphatic heterocycles. The van der Waals surface area contributed by atoms with Gasteiger partial charge in [0.05, 0.1) is 43.0 Å². The van der Waals surface area contributed by atoms with Crippen LogP contribution in [0.5, 0.6) is 5.75 Å². The SMILES string of the molecule is COc1ccc(CCC2Cc3nc(/C(C(C)=N)=C(\C)O)ccc3N2CCN2CCOCC2)cc1. The predicted octanol–water partition coefficient (Wildman–Crippen LogP) is 4.11. The molecule has 1 aromatic carbocycles. The van der Waals surface area contributed by atoms with Crippen LogP contribution in [0.4, 0.5) is 5.69 Å². The van der Waals surface area contributed by atoms with Crippen molar-refractivity contribution in [1.29, 1.82) is 5.41 Å². The van der Waals surface area contributed by atoms with E-state index < -0.39 is 0 Å². The van der Waals surface area contributed by atoms with Crippen LogP contribution in [0.25, 0.3) is 5.57 Å². The number of allylic oxidation sites excluding steroid dienone is 2. The van der Waals surface area contributed by atoms with Gasteiger partial charge in [0.1, 0.15) is 11.5 Å².